The van der Waals surface area contributed by atoms with Gasteiger partial charge in [0, 0.05) is 50.4 Å². The lowest BCUT2D eigenvalue weighted by Gasteiger charge is -2.43. The van der Waals surface area contributed by atoms with Gasteiger partial charge in [-0.05, 0) is 34.1 Å². The van der Waals surface area contributed by atoms with E-state index in [2.05, 4.69) is 43.2 Å². The number of ether oxygens (including phenoxy) is 1. The van der Waals surface area contributed by atoms with E-state index < -0.39 is 0 Å². The fourth-order valence-electron chi connectivity index (χ4n) is 2.87. The third-order valence-corrected chi connectivity index (χ3v) is 4.78. The van der Waals surface area contributed by atoms with Crippen LogP contribution >= 0.6 is 0 Å². The second-order valence-corrected chi connectivity index (χ2v) is 6.58. The highest BCUT2D eigenvalue weighted by atomic mass is 16.5. The molecular weight excluding hydrogens is 226 g/mol. The van der Waals surface area contributed by atoms with Crippen molar-refractivity contribution in [2.24, 2.45) is 0 Å². The van der Waals surface area contributed by atoms with Crippen LogP contribution in [0, 0.1) is 0 Å². The average molecular weight is 255 g/mol. The molecule has 4 nitrogen and oxygen atoms in total. The second-order valence-electron chi connectivity index (χ2n) is 6.58. The Hall–Kier alpha value is -0.160. The lowest BCUT2D eigenvalue weighted by molar-refractivity contribution is 0.0663. The van der Waals surface area contributed by atoms with Gasteiger partial charge in [-0.25, -0.2) is 0 Å². The van der Waals surface area contributed by atoms with Crippen LogP contribution in [0.2, 0.25) is 0 Å². The van der Waals surface area contributed by atoms with Gasteiger partial charge in [0.15, 0.2) is 0 Å². The Kier molecular flexibility index (Phi) is 4.32. The SMILES string of the molecule is CC1OCCC1(C)NCC(C)(C)N1CCNCC1. The largest absolute Gasteiger partial charge is 0.377 e. The summed E-state index contributed by atoms with van der Waals surface area (Å²) in [7, 11) is 0. The van der Waals surface area contributed by atoms with E-state index in [1.807, 2.05) is 0 Å². The first-order chi connectivity index (χ1) is 8.44. The van der Waals surface area contributed by atoms with Crippen molar-refractivity contribution in [3.8, 4) is 0 Å². The molecule has 2 fully saturated rings. The second kappa shape index (κ2) is 5.45. The molecule has 2 aliphatic heterocycles. The maximum atomic E-state index is 5.69. The van der Waals surface area contributed by atoms with Crippen molar-refractivity contribution >= 4 is 0 Å². The number of rotatable bonds is 4. The molecule has 0 aromatic carbocycles. The average Bonchev–Trinajstić information content (AvgIpc) is 2.69. The highest BCUT2D eigenvalue weighted by Gasteiger charge is 2.38. The highest BCUT2D eigenvalue weighted by Crippen LogP contribution is 2.26. The third-order valence-electron chi connectivity index (χ3n) is 4.78. The maximum Gasteiger partial charge on any atom is 0.0726 e. The van der Waals surface area contributed by atoms with Crippen molar-refractivity contribution in [1.29, 1.82) is 0 Å². The minimum absolute atomic E-state index is 0.144. The van der Waals surface area contributed by atoms with E-state index in [9.17, 15) is 0 Å². The first-order valence-electron chi connectivity index (χ1n) is 7.26. The summed E-state index contributed by atoms with van der Waals surface area (Å²) in [5.41, 5.74) is 0.360. The number of nitrogens with zero attached hydrogens (tertiary/aromatic N) is 1. The molecule has 0 aliphatic carbocycles. The van der Waals surface area contributed by atoms with Gasteiger partial charge in [-0.15, -0.1) is 0 Å². The molecule has 18 heavy (non-hydrogen) atoms. The Morgan fingerprint density at radius 3 is 2.61 bits per heavy atom. The molecule has 4 heteroatoms. The Morgan fingerprint density at radius 2 is 2.06 bits per heavy atom. The first-order valence-corrected chi connectivity index (χ1v) is 7.26. The van der Waals surface area contributed by atoms with Crippen LogP contribution in [0.5, 0.6) is 0 Å². The van der Waals surface area contributed by atoms with Crippen molar-refractivity contribution in [1.82, 2.24) is 15.5 Å². The van der Waals surface area contributed by atoms with Gasteiger partial charge in [-0.1, -0.05) is 0 Å². The zero-order valence-corrected chi connectivity index (χ0v) is 12.4. The van der Waals surface area contributed by atoms with E-state index in [1.54, 1.807) is 0 Å². The normalized spacial score (nSPS) is 35.0. The Labute approximate surface area is 111 Å². The molecule has 2 atom stereocenters. The fourth-order valence-corrected chi connectivity index (χ4v) is 2.87. The van der Waals surface area contributed by atoms with Gasteiger partial charge in [0.1, 0.15) is 0 Å². The van der Waals surface area contributed by atoms with Crippen molar-refractivity contribution in [3.63, 3.8) is 0 Å². The molecule has 2 aliphatic rings. The quantitative estimate of drug-likeness (QED) is 0.780. The van der Waals surface area contributed by atoms with Crippen LogP contribution in [-0.2, 0) is 4.74 Å². The van der Waals surface area contributed by atoms with Crippen LogP contribution in [0.25, 0.3) is 0 Å². The minimum Gasteiger partial charge on any atom is -0.377 e. The van der Waals surface area contributed by atoms with E-state index in [4.69, 9.17) is 4.74 Å². The van der Waals surface area contributed by atoms with Crippen molar-refractivity contribution in [3.05, 3.63) is 0 Å². The van der Waals surface area contributed by atoms with Crippen LogP contribution in [-0.4, -0.2) is 61.4 Å². The van der Waals surface area contributed by atoms with E-state index in [1.165, 1.54) is 0 Å². The van der Waals surface area contributed by atoms with E-state index in [-0.39, 0.29) is 11.1 Å². The smallest absolute Gasteiger partial charge is 0.0726 e. The number of nitrogens with one attached hydrogen (secondary N) is 2. The van der Waals surface area contributed by atoms with Crippen molar-refractivity contribution < 1.29 is 4.74 Å². The molecule has 0 spiro atoms. The van der Waals surface area contributed by atoms with E-state index >= 15 is 0 Å². The van der Waals surface area contributed by atoms with Gasteiger partial charge in [0.05, 0.1) is 6.10 Å². The van der Waals surface area contributed by atoms with E-state index in [0.717, 1.165) is 45.8 Å². The summed E-state index contributed by atoms with van der Waals surface area (Å²) < 4.78 is 5.69. The zero-order chi connectivity index (χ0) is 13.2. The Bertz CT molecular complexity index is 276. The maximum absolute atomic E-state index is 5.69. The van der Waals surface area contributed by atoms with Gasteiger partial charge >= 0.3 is 0 Å². The molecule has 2 saturated heterocycles. The molecular formula is C14H29N3O. The Balaban J connectivity index is 1.87. The monoisotopic (exact) mass is 255 g/mol. The Morgan fingerprint density at radius 1 is 1.39 bits per heavy atom. The first kappa shape index (κ1) is 14.3. The standard InChI is InChI=1S/C14H29N3O/c1-12-14(4,5-10-18-12)16-11-13(2,3)17-8-6-15-7-9-17/h12,15-16H,5-11H2,1-4H3. The topological polar surface area (TPSA) is 36.5 Å². The molecule has 0 amide bonds. The van der Waals surface area contributed by atoms with Gasteiger partial charge in [-0.3, -0.25) is 4.90 Å². The van der Waals surface area contributed by atoms with Crippen LogP contribution in [0.1, 0.15) is 34.1 Å². The minimum atomic E-state index is 0.144. The summed E-state index contributed by atoms with van der Waals surface area (Å²) in [5, 5.41) is 7.17. The van der Waals surface area contributed by atoms with Gasteiger partial charge < -0.3 is 15.4 Å². The van der Waals surface area contributed by atoms with E-state index in [0.29, 0.717) is 6.10 Å². The number of hydrogen-bond acceptors (Lipinski definition) is 4. The summed E-state index contributed by atoms with van der Waals surface area (Å²) in [6.07, 6.45) is 1.43. The molecule has 0 aromatic heterocycles. The summed E-state index contributed by atoms with van der Waals surface area (Å²) in [6, 6.07) is 0. The summed E-state index contributed by atoms with van der Waals surface area (Å²) in [5.74, 6) is 0. The van der Waals surface area contributed by atoms with Gasteiger partial charge in [0.2, 0.25) is 0 Å². The molecule has 0 saturated carbocycles. The predicted octanol–water partition coefficient (Wildman–Crippen LogP) is 0.827. The summed E-state index contributed by atoms with van der Waals surface area (Å²) in [6.45, 7) is 15.6. The molecule has 2 heterocycles. The predicted molar refractivity (Wildman–Crippen MR) is 75.0 cm³/mol. The molecule has 2 rings (SSSR count). The molecule has 0 bridgehead atoms. The summed E-state index contributed by atoms with van der Waals surface area (Å²) >= 11 is 0. The molecule has 2 N–H and O–H groups in total. The third kappa shape index (κ3) is 3.05. The lowest BCUT2D eigenvalue weighted by Crippen LogP contribution is -2.60. The zero-order valence-electron chi connectivity index (χ0n) is 12.4. The molecule has 2 unspecified atom stereocenters. The molecule has 106 valence electrons. The van der Waals surface area contributed by atoms with Crippen LogP contribution in [0.3, 0.4) is 0 Å². The van der Waals surface area contributed by atoms with Crippen molar-refractivity contribution in [2.75, 3.05) is 39.3 Å². The van der Waals surface area contributed by atoms with Gasteiger partial charge in [0.25, 0.3) is 0 Å². The van der Waals surface area contributed by atoms with Crippen LogP contribution in [0.4, 0.5) is 0 Å². The number of hydrogen-bond donors (Lipinski definition) is 2. The number of piperazine rings is 1. The molecule has 0 aromatic rings. The lowest BCUT2D eigenvalue weighted by atomic mass is 9.92. The molecule has 0 radical (unpaired) electrons. The van der Waals surface area contributed by atoms with Crippen LogP contribution in [0.15, 0.2) is 0 Å². The van der Waals surface area contributed by atoms with Crippen molar-refractivity contribution in [2.45, 2.75) is 51.3 Å². The fraction of sp³-hybridized carbons (Fsp3) is 1.00. The van der Waals surface area contributed by atoms with Gasteiger partial charge in [-0.2, -0.15) is 0 Å². The van der Waals surface area contributed by atoms with Crippen LogP contribution < -0.4 is 10.6 Å². The summed E-state index contributed by atoms with van der Waals surface area (Å²) in [4.78, 5) is 2.58. The highest BCUT2D eigenvalue weighted by molar-refractivity contribution is 4.97.